The number of hydrogen-bond acceptors (Lipinski definition) is 6. The van der Waals surface area contributed by atoms with Crippen molar-refractivity contribution in [1.29, 1.82) is 0 Å². The summed E-state index contributed by atoms with van der Waals surface area (Å²) in [6.45, 7) is 4.13. The quantitative estimate of drug-likeness (QED) is 0.426. The van der Waals surface area contributed by atoms with Gasteiger partial charge >= 0.3 is 0 Å². The van der Waals surface area contributed by atoms with Gasteiger partial charge in [-0.2, -0.15) is 8.42 Å². The number of hydrogen-bond donors (Lipinski definition) is 1. The van der Waals surface area contributed by atoms with E-state index in [1.165, 1.54) is 25.7 Å². The molecule has 0 spiro atoms. The Balaban J connectivity index is 1.30. The third-order valence-electron chi connectivity index (χ3n) is 8.00. The lowest BCUT2D eigenvalue weighted by atomic mass is 9.76. The van der Waals surface area contributed by atoms with Crippen molar-refractivity contribution in [2.24, 2.45) is 23.7 Å². The molecule has 1 N–H and O–H groups in total. The molecule has 2 saturated heterocycles. The molecular weight excluding hydrogens is 416 g/mol. The maximum atomic E-state index is 12.9. The lowest BCUT2D eigenvalue weighted by Gasteiger charge is -2.33. The minimum absolute atomic E-state index is 0.0517. The Morgan fingerprint density at radius 3 is 2.52 bits per heavy atom. The van der Waals surface area contributed by atoms with E-state index in [0.29, 0.717) is 0 Å². The topological polar surface area (TPSA) is 82.1 Å². The molecule has 6 nitrogen and oxygen atoms in total. The minimum atomic E-state index is -3.89. The number of unbranched alkanes of at least 4 members (excludes halogenated alkanes) is 5. The van der Waals surface area contributed by atoms with Gasteiger partial charge in [-0.3, -0.25) is 4.18 Å². The number of aliphatic hydroxyl groups is 1. The van der Waals surface area contributed by atoms with E-state index in [0.717, 1.165) is 31.2 Å². The van der Waals surface area contributed by atoms with E-state index in [4.69, 9.17) is 13.7 Å². The maximum absolute atomic E-state index is 12.9. The van der Waals surface area contributed by atoms with E-state index >= 15 is 0 Å². The first-order chi connectivity index (χ1) is 14.9. The molecule has 5 rings (SSSR count). The molecule has 1 aromatic carbocycles. The number of rotatable bonds is 10. The van der Waals surface area contributed by atoms with Gasteiger partial charge in [0.2, 0.25) is 0 Å². The Bertz CT molecular complexity index is 899. The number of aryl methyl sites for hydroxylation is 1. The predicted octanol–water partition coefficient (Wildman–Crippen LogP) is 4.15. The molecular formula is C24H34O6S. The highest BCUT2D eigenvalue weighted by Gasteiger charge is 2.77. The Hall–Kier alpha value is -0.990. The van der Waals surface area contributed by atoms with Crippen molar-refractivity contribution in [3.63, 3.8) is 0 Å². The van der Waals surface area contributed by atoms with Crippen LogP contribution in [0, 0.1) is 30.6 Å². The molecule has 0 aromatic heterocycles. The Morgan fingerprint density at radius 2 is 1.77 bits per heavy atom. The van der Waals surface area contributed by atoms with Gasteiger partial charge in [0.15, 0.2) is 12.1 Å². The second-order valence-electron chi connectivity index (χ2n) is 9.92. The van der Waals surface area contributed by atoms with Crippen LogP contribution in [0.5, 0.6) is 0 Å². The van der Waals surface area contributed by atoms with Gasteiger partial charge in [0.05, 0.1) is 11.0 Å². The lowest BCUT2D eigenvalue weighted by Crippen LogP contribution is -2.43. The van der Waals surface area contributed by atoms with E-state index in [2.05, 4.69) is 6.92 Å². The third kappa shape index (κ3) is 3.57. The molecule has 172 valence electrons. The summed E-state index contributed by atoms with van der Waals surface area (Å²) in [6.07, 6.45) is 6.93. The highest BCUT2D eigenvalue weighted by atomic mass is 32.2. The van der Waals surface area contributed by atoms with Crippen LogP contribution in [-0.2, 0) is 23.8 Å². The summed E-state index contributed by atoms with van der Waals surface area (Å²) >= 11 is 0. The first-order valence-electron chi connectivity index (χ1n) is 11.9. The second kappa shape index (κ2) is 8.10. The van der Waals surface area contributed by atoms with Gasteiger partial charge < -0.3 is 14.6 Å². The first kappa shape index (κ1) is 21.8. The number of fused-ring (bicyclic) bond motifs is 2. The van der Waals surface area contributed by atoms with Crippen LogP contribution in [0.3, 0.4) is 0 Å². The molecule has 7 heteroatoms. The molecule has 2 aliphatic heterocycles. The zero-order valence-electron chi connectivity index (χ0n) is 18.4. The normalized spacial score (nSPS) is 40.2. The fraction of sp³-hybridized carbons (Fsp3) is 0.750. The van der Waals surface area contributed by atoms with Gasteiger partial charge in [0.25, 0.3) is 10.1 Å². The Kier molecular flexibility index (Phi) is 5.70. The summed E-state index contributed by atoms with van der Waals surface area (Å²) in [4.78, 5) is 0.166. The number of benzene rings is 1. The summed E-state index contributed by atoms with van der Waals surface area (Å²) in [5.41, 5.74) is 0.995. The molecule has 8 atom stereocenters. The zero-order chi connectivity index (χ0) is 21.8. The van der Waals surface area contributed by atoms with Crippen molar-refractivity contribution in [2.75, 3.05) is 0 Å². The van der Waals surface area contributed by atoms with Crippen molar-refractivity contribution in [2.45, 2.75) is 94.4 Å². The summed E-state index contributed by atoms with van der Waals surface area (Å²) in [5, 5.41) is 10.7. The molecule has 0 radical (unpaired) electrons. The van der Waals surface area contributed by atoms with Crippen LogP contribution in [0.15, 0.2) is 29.2 Å². The van der Waals surface area contributed by atoms with Crippen LogP contribution in [0.4, 0.5) is 0 Å². The van der Waals surface area contributed by atoms with Gasteiger partial charge in [-0.25, -0.2) is 0 Å². The molecule has 1 aromatic rings. The second-order valence-corrected chi connectivity index (χ2v) is 11.5. The van der Waals surface area contributed by atoms with E-state index in [-0.39, 0.29) is 34.7 Å². The van der Waals surface area contributed by atoms with Crippen molar-refractivity contribution in [3.05, 3.63) is 29.8 Å². The molecule has 0 amide bonds. The predicted molar refractivity (Wildman–Crippen MR) is 115 cm³/mol. The molecule has 6 unspecified atom stereocenters. The number of aliphatic hydroxyl groups excluding tert-OH is 1. The van der Waals surface area contributed by atoms with Crippen molar-refractivity contribution in [1.82, 2.24) is 0 Å². The van der Waals surface area contributed by atoms with E-state index in [1.54, 1.807) is 24.3 Å². The van der Waals surface area contributed by atoms with Crippen molar-refractivity contribution < 1.29 is 27.2 Å². The minimum Gasteiger partial charge on any atom is -0.368 e. The molecule has 4 aliphatic rings. The van der Waals surface area contributed by atoms with Crippen LogP contribution in [0.2, 0.25) is 0 Å². The van der Waals surface area contributed by atoms with Crippen LogP contribution in [-0.4, -0.2) is 37.8 Å². The monoisotopic (exact) mass is 450 g/mol. The van der Waals surface area contributed by atoms with Crippen molar-refractivity contribution >= 4 is 10.1 Å². The standard InChI is InChI=1S/C24H34O6S/c1-3-4-5-6-7-8-13-24-20-18-14-17(19(20)23(25)29-24)22(21(18)28-24)30-31(26,27)16-11-9-15(2)10-12-16/h9-12,17-23,25H,3-8,13-14H2,1-2H3/t17?,18?,19?,20?,21?,22-,23-,24?/m0/s1. The van der Waals surface area contributed by atoms with E-state index in [1.807, 2.05) is 6.92 Å². The highest BCUT2D eigenvalue weighted by Crippen LogP contribution is 2.69. The average Bonchev–Trinajstić information content (AvgIpc) is 3.41. The van der Waals surface area contributed by atoms with Crippen LogP contribution < -0.4 is 0 Å². The summed E-state index contributed by atoms with van der Waals surface area (Å²) in [5.74, 6) is -0.586. The molecule has 2 heterocycles. The zero-order valence-corrected chi connectivity index (χ0v) is 19.2. The Labute approximate surface area is 185 Å². The largest absolute Gasteiger partial charge is 0.368 e. The fourth-order valence-corrected chi connectivity index (χ4v) is 7.80. The van der Waals surface area contributed by atoms with Gasteiger partial charge in [0, 0.05) is 18.3 Å². The van der Waals surface area contributed by atoms with Crippen LogP contribution in [0.25, 0.3) is 0 Å². The van der Waals surface area contributed by atoms with E-state index in [9.17, 15) is 13.5 Å². The highest BCUT2D eigenvalue weighted by molar-refractivity contribution is 7.86. The van der Waals surface area contributed by atoms with Crippen LogP contribution >= 0.6 is 0 Å². The molecule has 4 fully saturated rings. The first-order valence-corrected chi connectivity index (χ1v) is 13.3. The van der Waals surface area contributed by atoms with Gasteiger partial charge in [-0.1, -0.05) is 56.7 Å². The number of ether oxygens (including phenoxy) is 2. The smallest absolute Gasteiger partial charge is 0.297 e. The molecule has 31 heavy (non-hydrogen) atoms. The van der Waals surface area contributed by atoms with Gasteiger partial charge in [0.1, 0.15) is 6.10 Å². The molecule has 2 bridgehead atoms. The maximum Gasteiger partial charge on any atom is 0.297 e. The summed E-state index contributed by atoms with van der Waals surface area (Å²) < 4.78 is 44.2. The Morgan fingerprint density at radius 1 is 1.06 bits per heavy atom. The van der Waals surface area contributed by atoms with Crippen molar-refractivity contribution in [3.8, 4) is 0 Å². The van der Waals surface area contributed by atoms with E-state index < -0.39 is 28.3 Å². The third-order valence-corrected chi connectivity index (χ3v) is 9.33. The fourth-order valence-electron chi connectivity index (χ4n) is 6.68. The molecule has 2 aliphatic carbocycles. The SMILES string of the molecule is CCCCCCCCC12OC3C4CC(C(C41)[C@@H](O)O2)[C@@H]3OS(=O)(=O)c1ccc(C)cc1. The average molecular weight is 451 g/mol. The van der Waals surface area contributed by atoms with Gasteiger partial charge in [-0.05, 0) is 43.7 Å². The summed E-state index contributed by atoms with van der Waals surface area (Å²) in [6, 6.07) is 6.71. The lowest BCUT2D eigenvalue weighted by molar-refractivity contribution is -0.284. The summed E-state index contributed by atoms with van der Waals surface area (Å²) in [7, 11) is -3.89. The molecule has 2 saturated carbocycles. The van der Waals surface area contributed by atoms with Gasteiger partial charge in [-0.15, -0.1) is 0 Å². The van der Waals surface area contributed by atoms with Crippen LogP contribution in [0.1, 0.15) is 63.9 Å².